The maximum Gasteiger partial charge on any atom is 0.106 e. The zero-order chi connectivity index (χ0) is 14.0. The lowest BCUT2D eigenvalue weighted by atomic mass is 10.1. The van der Waals surface area contributed by atoms with Gasteiger partial charge in [-0.25, -0.2) is 0 Å². The number of nitrogens with two attached hydrogens (primary N) is 1. The molecule has 0 spiro atoms. The molecule has 0 aliphatic carbocycles. The Bertz CT molecular complexity index is 618. The summed E-state index contributed by atoms with van der Waals surface area (Å²) < 4.78 is 0. The zero-order valence-electron chi connectivity index (χ0n) is 10.8. The summed E-state index contributed by atoms with van der Waals surface area (Å²) in [6, 6.07) is 11.7. The Morgan fingerprint density at radius 1 is 1.11 bits per heavy atom. The van der Waals surface area contributed by atoms with Crippen molar-refractivity contribution >= 4 is 40.2 Å². The number of anilines is 2. The number of benzene rings is 2. The molecule has 0 atom stereocenters. The lowest BCUT2D eigenvalue weighted by Crippen LogP contribution is -2.12. The van der Waals surface area contributed by atoms with E-state index in [4.69, 9.17) is 29.6 Å². The second kappa shape index (κ2) is 5.59. The van der Waals surface area contributed by atoms with Crippen LogP contribution in [0.3, 0.4) is 0 Å². The highest BCUT2D eigenvalue weighted by atomic mass is 35.5. The van der Waals surface area contributed by atoms with E-state index >= 15 is 0 Å². The molecule has 0 aliphatic rings. The highest BCUT2D eigenvalue weighted by Gasteiger charge is 2.07. The lowest BCUT2D eigenvalue weighted by molar-refractivity contribution is 1.37. The first-order chi connectivity index (χ1) is 8.95. The van der Waals surface area contributed by atoms with E-state index in [9.17, 15) is 0 Å². The molecule has 0 bridgehead atoms. The van der Waals surface area contributed by atoms with Crippen LogP contribution in [-0.2, 0) is 0 Å². The molecule has 19 heavy (non-hydrogen) atoms. The fraction of sp³-hybridized carbons (Fsp3) is 0.133. The lowest BCUT2D eigenvalue weighted by Gasteiger charge is -2.13. The Kier molecular flexibility index (Phi) is 4.08. The molecule has 0 aromatic heterocycles. The summed E-state index contributed by atoms with van der Waals surface area (Å²) in [6.45, 7) is 4.13. The van der Waals surface area contributed by atoms with Crippen LogP contribution in [0.1, 0.15) is 16.7 Å². The van der Waals surface area contributed by atoms with E-state index < -0.39 is 0 Å². The number of rotatable bonds is 3. The molecule has 2 aromatic rings. The van der Waals surface area contributed by atoms with E-state index in [1.54, 1.807) is 6.07 Å². The van der Waals surface area contributed by atoms with E-state index in [2.05, 4.69) is 37.4 Å². The predicted octanol–water partition coefficient (Wildman–Crippen LogP) is 4.33. The van der Waals surface area contributed by atoms with Gasteiger partial charge in [-0.1, -0.05) is 29.9 Å². The number of thiocarbonyl (C=S) groups is 1. The number of halogens is 1. The summed E-state index contributed by atoms with van der Waals surface area (Å²) in [5.74, 6) is 0. The monoisotopic (exact) mass is 290 g/mol. The SMILES string of the molecule is Cc1cc(C)cc(Nc2ccc(Cl)cc2C(N)=S)c1. The second-order valence-corrected chi connectivity index (χ2v) is 5.43. The van der Waals surface area contributed by atoms with Crippen LogP contribution < -0.4 is 11.1 Å². The van der Waals surface area contributed by atoms with Crippen molar-refractivity contribution in [2.24, 2.45) is 5.73 Å². The van der Waals surface area contributed by atoms with Gasteiger partial charge in [-0.3, -0.25) is 0 Å². The Morgan fingerprint density at radius 3 is 2.32 bits per heavy atom. The Hall–Kier alpha value is -1.58. The van der Waals surface area contributed by atoms with Crippen LogP contribution in [0.15, 0.2) is 36.4 Å². The van der Waals surface area contributed by atoms with Gasteiger partial charge < -0.3 is 11.1 Å². The van der Waals surface area contributed by atoms with Crippen molar-refractivity contribution in [3.05, 3.63) is 58.1 Å². The average molecular weight is 291 g/mol. The van der Waals surface area contributed by atoms with Crippen molar-refractivity contribution in [1.29, 1.82) is 0 Å². The molecular weight excluding hydrogens is 276 g/mol. The van der Waals surface area contributed by atoms with Gasteiger partial charge in [0.15, 0.2) is 0 Å². The zero-order valence-corrected chi connectivity index (χ0v) is 12.4. The topological polar surface area (TPSA) is 38.0 Å². The van der Waals surface area contributed by atoms with Crippen molar-refractivity contribution in [3.63, 3.8) is 0 Å². The molecule has 2 rings (SSSR count). The summed E-state index contributed by atoms with van der Waals surface area (Å²) in [5.41, 5.74) is 10.8. The van der Waals surface area contributed by atoms with Crippen LogP contribution in [0, 0.1) is 13.8 Å². The minimum absolute atomic E-state index is 0.328. The van der Waals surface area contributed by atoms with Crippen LogP contribution in [0.2, 0.25) is 5.02 Å². The molecule has 98 valence electrons. The van der Waals surface area contributed by atoms with E-state index in [-0.39, 0.29) is 0 Å². The van der Waals surface area contributed by atoms with Crippen molar-refractivity contribution in [1.82, 2.24) is 0 Å². The van der Waals surface area contributed by atoms with Gasteiger partial charge in [-0.2, -0.15) is 0 Å². The van der Waals surface area contributed by atoms with Crippen LogP contribution >= 0.6 is 23.8 Å². The molecule has 4 heteroatoms. The van der Waals surface area contributed by atoms with Crippen molar-refractivity contribution < 1.29 is 0 Å². The number of hydrogen-bond acceptors (Lipinski definition) is 2. The van der Waals surface area contributed by atoms with Gasteiger partial charge in [0.1, 0.15) is 4.99 Å². The first-order valence-electron chi connectivity index (χ1n) is 5.90. The summed E-state index contributed by atoms with van der Waals surface area (Å²) >= 11 is 11.0. The largest absolute Gasteiger partial charge is 0.389 e. The van der Waals surface area contributed by atoms with E-state index in [1.807, 2.05) is 12.1 Å². The molecule has 0 fully saturated rings. The molecule has 2 nitrogen and oxygen atoms in total. The maximum atomic E-state index is 5.97. The summed E-state index contributed by atoms with van der Waals surface area (Å²) in [6.07, 6.45) is 0. The van der Waals surface area contributed by atoms with Gasteiger partial charge in [0, 0.05) is 22.0 Å². The minimum Gasteiger partial charge on any atom is -0.389 e. The number of nitrogens with one attached hydrogen (secondary N) is 1. The molecule has 2 aromatic carbocycles. The summed E-state index contributed by atoms with van der Waals surface area (Å²) in [7, 11) is 0. The molecule has 0 aliphatic heterocycles. The molecule has 0 amide bonds. The van der Waals surface area contributed by atoms with Crippen molar-refractivity contribution in [2.45, 2.75) is 13.8 Å². The predicted molar refractivity (Wildman–Crippen MR) is 86.5 cm³/mol. The number of aryl methyl sites for hydroxylation is 2. The fourth-order valence-electron chi connectivity index (χ4n) is 2.03. The van der Waals surface area contributed by atoms with Gasteiger partial charge in [0.25, 0.3) is 0 Å². The van der Waals surface area contributed by atoms with Gasteiger partial charge in [0.2, 0.25) is 0 Å². The Morgan fingerprint density at radius 2 is 1.74 bits per heavy atom. The molecule has 0 saturated carbocycles. The Labute approximate surface area is 123 Å². The van der Waals surface area contributed by atoms with Crippen LogP contribution in [0.5, 0.6) is 0 Å². The summed E-state index contributed by atoms with van der Waals surface area (Å²) in [5, 5.41) is 3.96. The van der Waals surface area contributed by atoms with E-state index in [1.165, 1.54) is 11.1 Å². The first-order valence-corrected chi connectivity index (χ1v) is 6.69. The third-order valence-corrected chi connectivity index (χ3v) is 3.20. The molecule has 0 radical (unpaired) electrons. The van der Waals surface area contributed by atoms with Crippen LogP contribution in [0.4, 0.5) is 11.4 Å². The average Bonchev–Trinajstić information content (AvgIpc) is 2.30. The molecule has 3 N–H and O–H groups in total. The number of hydrogen-bond donors (Lipinski definition) is 2. The maximum absolute atomic E-state index is 5.97. The van der Waals surface area contributed by atoms with E-state index in [0.29, 0.717) is 10.0 Å². The quantitative estimate of drug-likeness (QED) is 0.826. The first kappa shape index (κ1) is 13.8. The third-order valence-electron chi connectivity index (χ3n) is 2.75. The van der Waals surface area contributed by atoms with Crippen LogP contribution in [-0.4, -0.2) is 4.99 Å². The highest BCUT2D eigenvalue weighted by molar-refractivity contribution is 7.80. The molecule has 0 heterocycles. The van der Waals surface area contributed by atoms with Crippen LogP contribution in [0.25, 0.3) is 0 Å². The normalized spacial score (nSPS) is 10.3. The molecule has 0 saturated heterocycles. The van der Waals surface area contributed by atoms with Gasteiger partial charge in [-0.15, -0.1) is 0 Å². The van der Waals surface area contributed by atoms with Gasteiger partial charge in [0.05, 0.1) is 0 Å². The molecule has 0 unspecified atom stereocenters. The Balaban J connectivity index is 2.40. The minimum atomic E-state index is 0.328. The molecular formula is C15H15ClN2S. The van der Waals surface area contributed by atoms with Crippen molar-refractivity contribution in [3.8, 4) is 0 Å². The second-order valence-electron chi connectivity index (χ2n) is 4.56. The van der Waals surface area contributed by atoms with Gasteiger partial charge in [-0.05, 0) is 55.3 Å². The standard InChI is InChI=1S/C15H15ClN2S/c1-9-5-10(2)7-12(6-9)18-14-4-3-11(16)8-13(14)15(17)19/h3-8,18H,1-2H3,(H2,17,19). The summed E-state index contributed by atoms with van der Waals surface area (Å²) in [4.78, 5) is 0.328. The highest BCUT2D eigenvalue weighted by Crippen LogP contribution is 2.25. The fourth-order valence-corrected chi connectivity index (χ4v) is 2.37. The van der Waals surface area contributed by atoms with Crippen molar-refractivity contribution in [2.75, 3.05) is 5.32 Å². The smallest absolute Gasteiger partial charge is 0.106 e. The van der Waals surface area contributed by atoms with E-state index in [0.717, 1.165) is 16.9 Å². The third kappa shape index (κ3) is 3.46. The van der Waals surface area contributed by atoms with Gasteiger partial charge >= 0.3 is 0 Å².